The molecule has 0 unspecified atom stereocenters. The standard InChI is InChI=1S/C30H22ClF3N4O4/c31-20-5-3-19(23(33)12-20)15-42-30-35-13-24(34)28(37-30)17-2-1-16(22(32)9-17)11-27-36-25-6-4-18(29(39)40)10-26(25)38(27)14-21-7-8-41-21/h1-6,9-10,12-13,21H,7-8,11,14-15H2,(H,39,40)/t21-/m0/s1. The summed E-state index contributed by atoms with van der Waals surface area (Å²) in [6.07, 6.45) is 1.81. The van der Waals surface area contributed by atoms with Crippen molar-refractivity contribution in [3.05, 3.63) is 106 Å². The summed E-state index contributed by atoms with van der Waals surface area (Å²) in [5.41, 5.74) is 1.80. The number of aromatic nitrogens is 4. The van der Waals surface area contributed by atoms with Gasteiger partial charge in [0.2, 0.25) is 0 Å². The summed E-state index contributed by atoms with van der Waals surface area (Å²) in [6.45, 7) is 0.874. The molecule has 8 nitrogen and oxygen atoms in total. The number of carboxylic acid groups (broad SMARTS) is 1. The fraction of sp³-hybridized carbons (Fsp3) is 0.200. The van der Waals surface area contributed by atoms with Gasteiger partial charge >= 0.3 is 12.0 Å². The average Bonchev–Trinajstić information content (AvgIpc) is 3.28. The number of halogens is 4. The van der Waals surface area contributed by atoms with E-state index < -0.39 is 23.4 Å². The number of hydrogen-bond acceptors (Lipinski definition) is 6. The minimum atomic E-state index is -1.06. The third-order valence-corrected chi connectivity index (χ3v) is 7.26. The van der Waals surface area contributed by atoms with E-state index in [4.69, 9.17) is 21.1 Å². The quantitative estimate of drug-likeness (QED) is 0.216. The number of benzene rings is 3. The lowest BCUT2D eigenvalue weighted by molar-refractivity contribution is -0.0589. The van der Waals surface area contributed by atoms with E-state index in [1.807, 2.05) is 4.57 Å². The predicted octanol–water partition coefficient (Wildman–Crippen LogP) is 6.22. The Labute approximate surface area is 242 Å². The molecule has 6 rings (SSSR count). The van der Waals surface area contributed by atoms with E-state index in [0.717, 1.165) is 24.8 Å². The molecule has 0 saturated carbocycles. The first-order chi connectivity index (χ1) is 20.2. The van der Waals surface area contributed by atoms with Crippen LogP contribution in [0.1, 0.15) is 33.7 Å². The van der Waals surface area contributed by atoms with Gasteiger partial charge in [0.1, 0.15) is 29.8 Å². The first-order valence-electron chi connectivity index (χ1n) is 13.0. The van der Waals surface area contributed by atoms with Crippen LogP contribution in [0.15, 0.2) is 60.8 Å². The Bertz CT molecular complexity index is 1830. The topological polar surface area (TPSA) is 99.4 Å². The monoisotopic (exact) mass is 594 g/mol. The van der Waals surface area contributed by atoms with Gasteiger partial charge in [-0.2, -0.15) is 4.98 Å². The highest BCUT2D eigenvalue weighted by atomic mass is 35.5. The first-order valence-corrected chi connectivity index (χ1v) is 13.3. The van der Waals surface area contributed by atoms with E-state index in [1.54, 1.807) is 12.1 Å². The fourth-order valence-corrected chi connectivity index (χ4v) is 4.85. The number of imidazole rings is 1. The van der Waals surface area contributed by atoms with E-state index in [9.17, 15) is 18.7 Å². The van der Waals surface area contributed by atoms with Crippen LogP contribution in [0.5, 0.6) is 6.01 Å². The highest BCUT2D eigenvalue weighted by Crippen LogP contribution is 2.28. The van der Waals surface area contributed by atoms with Gasteiger partial charge in [-0.25, -0.2) is 27.9 Å². The van der Waals surface area contributed by atoms with Gasteiger partial charge in [0.25, 0.3) is 0 Å². The summed E-state index contributed by atoms with van der Waals surface area (Å²) in [5, 5.41) is 9.68. The van der Waals surface area contributed by atoms with Crippen molar-refractivity contribution in [3.8, 4) is 17.3 Å². The molecular formula is C30H22ClF3N4O4. The molecule has 3 aromatic carbocycles. The van der Waals surface area contributed by atoms with Crippen LogP contribution in [-0.4, -0.2) is 43.3 Å². The highest BCUT2D eigenvalue weighted by molar-refractivity contribution is 6.30. The van der Waals surface area contributed by atoms with Gasteiger partial charge in [-0.05, 0) is 48.4 Å². The number of hydrogen-bond donors (Lipinski definition) is 1. The Balaban J connectivity index is 1.26. The Morgan fingerprint density at radius 3 is 2.52 bits per heavy atom. The molecule has 0 aliphatic carbocycles. The number of rotatable bonds is 9. The van der Waals surface area contributed by atoms with E-state index in [2.05, 4.69) is 15.0 Å². The van der Waals surface area contributed by atoms with Crippen LogP contribution in [0.3, 0.4) is 0 Å². The predicted molar refractivity (Wildman–Crippen MR) is 147 cm³/mol. The Morgan fingerprint density at radius 1 is 1.02 bits per heavy atom. The molecule has 1 aliphatic heterocycles. The van der Waals surface area contributed by atoms with Crippen LogP contribution < -0.4 is 4.74 Å². The van der Waals surface area contributed by atoms with E-state index in [-0.39, 0.29) is 52.5 Å². The van der Waals surface area contributed by atoms with Gasteiger partial charge in [-0.15, -0.1) is 0 Å². The fourth-order valence-electron chi connectivity index (χ4n) is 4.69. The second-order valence-corrected chi connectivity index (χ2v) is 10.2. The lowest BCUT2D eigenvalue weighted by atomic mass is 10.1. The number of ether oxygens (including phenoxy) is 2. The highest BCUT2D eigenvalue weighted by Gasteiger charge is 2.23. The van der Waals surface area contributed by atoms with Crippen molar-refractivity contribution in [2.45, 2.75) is 32.1 Å². The molecular weight excluding hydrogens is 573 g/mol. The lowest BCUT2D eigenvalue weighted by Crippen LogP contribution is -2.31. The number of fused-ring (bicyclic) bond motifs is 1. The molecule has 0 radical (unpaired) electrons. The van der Waals surface area contributed by atoms with Crippen molar-refractivity contribution in [2.24, 2.45) is 0 Å². The zero-order valence-corrected chi connectivity index (χ0v) is 22.6. The molecule has 1 atom stereocenters. The number of nitrogens with zero attached hydrogens (tertiary/aromatic N) is 4. The van der Waals surface area contributed by atoms with Crippen molar-refractivity contribution < 1.29 is 32.5 Å². The van der Waals surface area contributed by atoms with Crippen molar-refractivity contribution in [1.29, 1.82) is 0 Å². The lowest BCUT2D eigenvalue weighted by Gasteiger charge is -2.27. The van der Waals surface area contributed by atoms with Crippen molar-refractivity contribution in [2.75, 3.05) is 6.61 Å². The van der Waals surface area contributed by atoms with Crippen LogP contribution in [0, 0.1) is 17.5 Å². The van der Waals surface area contributed by atoms with Gasteiger partial charge in [-0.3, -0.25) is 0 Å². The van der Waals surface area contributed by atoms with Crippen LogP contribution in [-0.2, 0) is 24.3 Å². The number of aromatic carboxylic acids is 1. The maximum Gasteiger partial charge on any atom is 0.335 e. The third kappa shape index (κ3) is 5.65. The zero-order valence-electron chi connectivity index (χ0n) is 21.9. The Hall–Kier alpha value is -4.48. The van der Waals surface area contributed by atoms with Crippen molar-refractivity contribution >= 4 is 28.6 Å². The molecule has 0 spiro atoms. The molecule has 5 aromatic rings. The number of carbonyl (C=O) groups is 1. The third-order valence-electron chi connectivity index (χ3n) is 7.02. The summed E-state index contributed by atoms with van der Waals surface area (Å²) in [5.74, 6) is -2.49. The van der Waals surface area contributed by atoms with Gasteiger partial charge in [0, 0.05) is 29.2 Å². The zero-order chi connectivity index (χ0) is 29.4. The average molecular weight is 595 g/mol. The van der Waals surface area contributed by atoms with E-state index >= 15 is 4.39 Å². The molecule has 1 fully saturated rings. The largest absolute Gasteiger partial charge is 0.478 e. The van der Waals surface area contributed by atoms with Gasteiger partial charge < -0.3 is 19.1 Å². The summed E-state index contributed by atoms with van der Waals surface area (Å²) < 4.78 is 57.1. The van der Waals surface area contributed by atoms with E-state index in [0.29, 0.717) is 35.6 Å². The maximum atomic E-state index is 15.4. The van der Waals surface area contributed by atoms with Gasteiger partial charge in [0.05, 0.1) is 35.4 Å². The molecule has 2 aromatic heterocycles. The normalized spacial score (nSPS) is 14.6. The SMILES string of the molecule is O=C(O)c1ccc2nc(Cc3ccc(-c4nc(OCc5ccc(Cl)cc5F)ncc4F)cc3F)n(C[C@@H]3CCO3)c2c1. The Morgan fingerprint density at radius 2 is 1.81 bits per heavy atom. The molecule has 214 valence electrons. The van der Waals surface area contributed by atoms with Crippen LogP contribution in [0.2, 0.25) is 5.02 Å². The van der Waals surface area contributed by atoms with Crippen LogP contribution in [0.4, 0.5) is 13.2 Å². The molecule has 1 aliphatic rings. The summed E-state index contributed by atoms with van der Waals surface area (Å²) in [4.78, 5) is 24.0. The minimum Gasteiger partial charge on any atom is -0.478 e. The maximum absolute atomic E-state index is 15.4. The molecule has 3 heterocycles. The Kier molecular flexibility index (Phi) is 7.53. The minimum absolute atomic E-state index is 0.0461. The molecule has 12 heteroatoms. The molecule has 42 heavy (non-hydrogen) atoms. The van der Waals surface area contributed by atoms with Crippen LogP contribution in [0.25, 0.3) is 22.3 Å². The summed E-state index contributed by atoms with van der Waals surface area (Å²) in [7, 11) is 0. The van der Waals surface area contributed by atoms with Crippen molar-refractivity contribution in [3.63, 3.8) is 0 Å². The van der Waals surface area contributed by atoms with Crippen molar-refractivity contribution in [1.82, 2.24) is 19.5 Å². The number of carboxylic acids is 1. The molecule has 1 N–H and O–H groups in total. The first kappa shape index (κ1) is 27.7. The second kappa shape index (κ2) is 11.4. The molecule has 0 amide bonds. The van der Waals surface area contributed by atoms with Gasteiger partial charge in [0.15, 0.2) is 5.82 Å². The molecule has 1 saturated heterocycles. The smallest absolute Gasteiger partial charge is 0.335 e. The summed E-state index contributed by atoms with van der Waals surface area (Å²) >= 11 is 5.77. The molecule has 0 bridgehead atoms. The van der Waals surface area contributed by atoms with Crippen LogP contribution >= 0.6 is 11.6 Å². The summed E-state index contributed by atoms with van der Waals surface area (Å²) in [6, 6.07) is 12.7. The second-order valence-electron chi connectivity index (χ2n) is 9.79. The van der Waals surface area contributed by atoms with Gasteiger partial charge in [-0.1, -0.05) is 29.8 Å². The van der Waals surface area contributed by atoms with E-state index in [1.165, 1.54) is 30.3 Å².